The van der Waals surface area contributed by atoms with Crippen molar-refractivity contribution in [2.24, 2.45) is 5.92 Å². The van der Waals surface area contributed by atoms with Gasteiger partial charge >= 0.3 is 5.97 Å². The van der Waals surface area contributed by atoms with Crippen molar-refractivity contribution in [1.82, 2.24) is 0 Å². The van der Waals surface area contributed by atoms with E-state index in [4.69, 9.17) is 9.47 Å². The van der Waals surface area contributed by atoms with Gasteiger partial charge in [-0.05, 0) is 91.1 Å². The van der Waals surface area contributed by atoms with Gasteiger partial charge in [-0.2, -0.15) is 0 Å². The first-order valence-corrected chi connectivity index (χ1v) is 13.3. The summed E-state index contributed by atoms with van der Waals surface area (Å²) in [5.74, 6) is 1.69. The van der Waals surface area contributed by atoms with Crippen molar-refractivity contribution in [2.75, 3.05) is 6.61 Å². The van der Waals surface area contributed by atoms with E-state index in [0.717, 1.165) is 48.5 Å². The van der Waals surface area contributed by atoms with Crippen LogP contribution in [-0.2, 0) is 6.42 Å². The van der Waals surface area contributed by atoms with Crippen LogP contribution in [0.25, 0.3) is 11.1 Å². The van der Waals surface area contributed by atoms with Crippen LogP contribution in [0.3, 0.4) is 0 Å². The van der Waals surface area contributed by atoms with Crippen molar-refractivity contribution in [1.29, 1.82) is 0 Å². The predicted octanol–water partition coefficient (Wildman–Crippen LogP) is 9.07. The second kappa shape index (κ2) is 14.9. The van der Waals surface area contributed by atoms with Gasteiger partial charge in [0.25, 0.3) is 0 Å². The van der Waals surface area contributed by atoms with E-state index in [-0.39, 0.29) is 5.97 Å². The third kappa shape index (κ3) is 9.03. The number of aryl methyl sites for hydroxylation is 1. The largest absolute Gasteiger partial charge is 0.494 e. The van der Waals surface area contributed by atoms with E-state index in [9.17, 15) is 4.79 Å². The average Bonchev–Trinajstić information content (AvgIpc) is 2.92. The van der Waals surface area contributed by atoms with Crippen LogP contribution in [0.5, 0.6) is 11.5 Å². The standard InChI is InChI=1S/C33H40O3/c1-4-6-7-8-9-10-25-35-31-21-23-32(24-22-31)36-33(34)30-19-17-29(18-20-30)28-15-13-27(14-16-28)12-11-26(3)5-2/h4,13-24,26H,1,5-12,25H2,2-3H3. The van der Waals surface area contributed by atoms with Crippen LogP contribution in [-0.4, -0.2) is 12.6 Å². The minimum Gasteiger partial charge on any atom is -0.494 e. The molecule has 190 valence electrons. The van der Waals surface area contributed by atoms with Gasteiger partial charge in [0.2, 0.25) is 0 Å². The van der Waals surface area contributed by atoms with Crippen molar-refractivity contribution >= 4 is 5.97 Å². The highest BCUT2D eigenvalue weighted by Gasteiger charge is 2.10. The zero-order valence-electron chi connectivity index (χ0n) is 21.9. The smallest absolute Gasteiger partial charge is 0.343 e. The maximum Gasteiger partial charge on any atom is 0.343 e. The molecule has 0 bridgehead atoms. The number of hydrogen-bond acceptors (Lipinski definition) is 3. The van der Waals surface area contributed by atoms with Crippen molar-refractivity contribution in [3.8, 4) is 22.6 Å². The Balaban J connectivity index is 1.46. The highest BCUT2D eigenvalue weighted by molar-refractivity contribution is 5.91. The first-order valence-electron chi connectivity index (χ1n) is 13.3. The average molecular weight is 485 g/mol. The van der Waals surface area contributed by atoms with E-state index in [2.05, 4.69) is 44.7 Å². The van der Waals surface area contributed by atoms with Crippen molar-refractivity contribution in [3.63, 3.8) is 0 Å². The monoisotopic (exact) mass is 484 g/mol. The fourth-order valence-corrected chi connectivity index (χ4v) is 3.98. The van der Waals surface area contributed by atoms with Gasteiger partial charge in [0.05, 0.1) is 12.2 Å². The molecule has 36 heavy (non-hydrogen) atoms. The molecule has 0 fully saturated rings. The fraction of sp³-hybridized carbons (Fsp3) is 0.364. The molecule has 0 aliphatic carbocycles. The number of carbonyl (C=O) groups is 1. The van der Waals surface area contributed by atoms with Crippen LogP contribution in [0.2, 0.25) is 0 Å². The van der Waals surface area contributed by atoms with Crippen molar-refractivity contribution < 1.29 is 14.3 Å². The number of allylic oxidation sites excluding steroid dienone is 1. The van der Waals surface area contributed by atoms with Gasteiger partial charge in [-0.25, -0.2) is 4.79 Å². The van der Waals surface area contributed by atoms with E-state index in [1.807, 2.05) is 42.5 Å². The molecule has 0 saturated carbocycles. The number of hydrogen-bond donors (Lipinski definition) is 0. The molecule has 0 aliphatic rings. The molecule has 3 aromatic rings. The van der Waals surface area contributed by atoms with Crippen LogP contribution < -0.4 is 9.47 Å². The fourth-order valence-electron chi connectivity index (χ4n) is 3.98. The molecule has 0 aliphatic heterocycles. The van der Waals surface area contributed by atoms with E-state index >= 15 is 0 Å². The van der Waals surface area contributed by atoms with Crippen LogP contribution in [0.4, 0.5) is 0 Å². The van der Waals surface area contributed by atoms with Gasteiger partial charge in [-0.3, -0.25) is 0 Å². The van der Waals surface area contributed by atoms with Gasteiger partial charge in [0.15, 0.2) is 0 Å². The third-order valence-electron chi connectivity index (χ3n) is 6.64. The van der Waals surface area contributed by atoms with Crippen LogP contribution in [0.15, 0.2) is 85.5 Å². The lowest BCUT2D eigenvalue weighted by Gasteiger charge is -2.09. The minimum atomic E-state index is -0.366. The first-order chi connectivity index (χ1) is 17.6. The summed E-state index contributed by atoms with van der Waals surface area (Å²) in [5.41, 5.74) is 4.13. The lowest BCUT2D eigenvalue weighted by atomic mass is 9.97. The van der Waals surface area contributed by atoms with E-state index in [1.165, 1.54) is 31.2 Å². The Labute approximate surface area is 217 Å². The van der Waals surface area contributed by atoms with Crippen molar-refractivity contribution in [3.05, 3.63) is 96.6 Å². The lowest BCUT2D eigenvalue weighted by Crippen LogP contribution is -2.08. The summed E-state index contributed by atoms with van der Waals surface area (Å²) in [6, 6.07) is 23.5. The summed E-state index contributed by atoms with van der Waals surface area (Å²) in [6.07, 6.45) is 11.2. The first kappa shape index (κ1) is 27.3. The summed E-state index contributed by atoms with van der Waals surface area (Å²) in [5, 5.41) is 0. The zero-order valence-corrected chi connectivity index (χ0v) is 21.9. The molecule has 3 aromatic carbocycles. The van der Waals surface area contributed by atoms with E-state index in [0.29, 0.717) is 17.9 Å². The SMILES string of the molecule is C=CCCCCCCOc1ccc(OC(=O)c2ccc(-c3ccc(CCC(C)CC)cc3)cc2)cc1. The number of ether oxygens (including phenoxy) is 2. The maximum absolute atomic E-state index is 12.6. The molecule has 0 heterocycles. The van der Waals surface area contributed by atoms with Crippen LogP contribution >= 0.6 is 0 Å². The van der Waals surface area contributed by atoms with Crippen LogP contribution in [0.1, 0.15) is 74.7 Å². The summed E-state index contributed by atoms with van der Waals surface area (Å²) in [7, 11) is 0. The van der Waals surface area contributed by atoms with Gasteiger partial charge in [0, 0.05) is 0 Å². The van der Waals surface area contributed by atoms with Gasteiger partial charge in [0.1, 0.15) is 11.5 Å². The summed E-state index contributed by atoms with van der Waals surface area (Å²) in [4.78, 5) is 12.6. The molecule has 0 radical (unpaired) electrons. The molecule has 1 unspecified atom stereocenters. The summed E-state index contributed by atoms with van der Waals surface area (Å²) < 4.78 is 11.3. The molecule has 3 nitrogen and oxygen atoms in total. The van der Waals surface area contributed by atoms with Gasteiger partial charge < -0.3 is 9.47 Å². The molecule has 0 aromatic heterocycles. The molecule has 1 atom stereocenters. The second-order valence-corrected chi connectivity index (χ2v) is 9.53. The number of carbonyl (C=O) groups excluding carboxylic acids is 1. The Morgan fingerprint density at radius 3 is 2.08 bits per heavy atom. The minimum absolute atomic E-state index is 0.366. The Bertz CT molecular complexity index is 1050. The molecule has 0 N–H and O–H groups in total. The Hall–Kier alpha value is -3.33. The molecule has 0 saturated heterocycles. The Morgan fingerprint density at radius 2 is 1.44 bits per heavy atom. The molecule has 0 spiro atoms. The molecule has 0 amide bonds. The Morgan fingerprint density at radius 1 is 0.833 bits per heavy atom. The zero-order chi connectivity index (χ0) is 25.6. The van der Waals surface area contributed by atoms with E-state index in [1.54, 1.807) is 12.1 Å². The van der Waals surface area contributed by atoms with Crippen molar-refractivity contribution in [2.45, 2.75) is 65.2 Å². The summed E-state index contributed by atoms with van der Waals surface area (Å²) >= 11 is 0. The molecule has 3 heteroatoms. The second-order valence-electron chi connectivity index (χ2n) is 9.53. The highest BCUT2D eigenvalue weighted by Crippen LogP contribution is 2.23. The summed E-state index contributed by atoms with van der Waals surface area (Å²) in [6.45, 7) is 8.99. The van der Waals surface area contributed by atoms with Gasteiger partial charge in [-0.1, -0.05) is 75.6 Å². The third-order valence-corrected chi connectivity index (χ3v) is 6.64. The molecular formula is C33H40O3. The molecular weight excluding hydrogens is 444 g/mol. The lowest BCUT2D eigenvalue weighted by molar-refractivity contribution is 0.0734. The Kier molecular flexibility index (Phi) is 11.3. The number of esters is 1. The quantitative estimate of drug-likeness (QED) is 0.0934. The highest BCUT2D eigenvalue weighted by atomic mass is 16.5. The maximum atomic E-state index is 12.6. The predicted molar refractivity (Wildman–Crippen MR) is 150 cm³/mol. The van der Waals surface area contributed by atoms with E-state index < -0.39 is 0 Å². The van der Waals surface area contributed by atoms with Crippen LogP contribution in [0, 0.1) is 5.92 Å². The van der Waals surface area contributed by atoms with Gasteiger partial charge in [-0.15, -0.1) is 6.58 Å². The normalized spacial score (nSPS) is 11.6. The number of benzene rings is 3. The number of unbranched alkanes of at least 4 members (excludes halogenated alkanes) is 4. The number of rotatable bonds is 15. The molecule has 3 rings (SSSR count). The topological polar surface area (TPSA) is 35.5 Å².